The van der Waals surface area contributed by atoms with Crippen LogP contribution in [0.5, 0.6) is 0 Å². The Morgan fingerprint density at radius 1 is 1.61 bits per heavy atom. The number of thiophene rings is 1. The van der Waals surface area contributed by atoms with Gasteiger partial charge in [-0.2, -0.15) is 0 Å². The highest BCUT2D eigenvalue weighted by molar-refractivity contribution is 7.10. The molecule has 0 spiro atoms. The van der Waals surface area contributed by atoms with E-state index >= 15 is 0 Å². The van der Waals surface area contributed by atoms with Gasteiger partial charge in [-0.05, 0) is 18.4 Å². The number of carbonyl (C=O) groups excluding carboxylic acids is 1. The van der Waals surface area contributed by atoms with Crippen molar-refractivity contribution in [2.24, 2.45) is 7.05 Å². The number of nitrogens with zero attached hydrogens (tertiary/aromatic N) is 3. The van der Waals surface area contributed by atoms with Crippen LogP contribution >= 0.6 is 11.3 Å². The van der Waals surface area contributed by atoms with E-state index in [4.69, 9.17) is 0 Å². The number of carbonyl (C=O) groups is 1. The van der Waals surface area contributed by atoms with Crippen LogP contribution < -0.4 is 10.6 Å². The Kier molecular flexibility index (Phi) is 5.09. The minimum atomic E-state index is 0.0528. The summed E-state index contributed by atoms with van der Waals surface area (Å²) < 4.78 is 2.02. The van der Waals surface area contributed by atoms with Crippen molar-refractivity contribution in [3.05, 3.63) is 40.6 Å². The van der Waals surface area contributed by atoms with Crippen LogP contribution in [0.1, 0.15) is 29.7 Å². The molecule has 2 unspecified atom stereocenters. The normalized spacial score (nSPS) is 20.3. The van der Waals surface area contributed by atoms with Crippen LogP contribution in [0.3, 0.4) is 0 Å². The van der Waals surface area contributed by atoms with E-state index in [2.05, 4.69) is 26.6 Å². The van der Waals surface area contributed by atoms with Crippen LogP contribution in [0.25, 0.3) is 0 Å². The average Bonchev–Trinajstić information content (AvgIpc) is 3.19. The molecule has 0 aliphatic carbocycles. The Hall–Kier alpha value is -1.70. The molecular weight excluding hydrogens is 310 g/mol. The zero-order valence-corrected chi connectivity index (χ0v) is 14.3. The fourth-order valence-electron chi connectivity index (χ4n) is 2.97. The highest BCUT2D eigenvalue weighted by Crippen LogP contribution is 2.21. The predicted molar refractivity (Wildman–Crippen MR) is 91.3 cm³/mol. The van der Waals surface area contributed by atoms with E-state index < -0.39 is 0 Å². The SMILES string of the molecule is CC(NC(=O)CN1CCNCC1c1nccn1C)c1cccs1. The van der Waals surface area contributed by atoms with Crippen LogP contribution in [0, 0.1) is 0 Å². The molecule has 2 atom stereocenters. The average molecular weight is 333 g/mol. The van der Waals surface area contributed by atoms with Crippen molar-refractivity contribution >= 4 is 17.2 Å². The maximum atomic E-state index is 12.4. The highest BCUT2D eigenvalue weighted by atomic mass is 32.1. The van der Waals surface area contributed by atoms with Gasteiger partial charge < -0.3 is 15.2 Å². The lowest BCUT2D eigenvalue weighted by Crippen LogP contribution is -2.50. The molecule has 3 rings (SSSR count). The zero-order chi connectivity index (χ0) is 16.2. The summed E-state index contributed by atoms with van der Waals surface area (Å²) >= 11 is 1.67. The van der Waals surface area contributed by atoms with Gasteiger partial charge in [0, 0.05) is 44.0 Å². The molecule has 0 aromatic carbocycles. The van der Waals surface area contributed by atoms with Gasteiger partial charge in [0.25, 0.3) is 0 Å². The second-order valence-corrected chi connectivity index (χ2v) is 6.87. The number of imidazole rings is 1. The van der Waals surface area contributed by atoms with Crippen molar-refractivity contribution in [1.82, 2.24) is 25.1 Å². The molecule has 1 amide bonds. The maximum absolute atomic E-state index is 12.4. The van der Waals surface area contributed by atoms with Crippen molar-refractivity contribution in [2.75, 3.05) is 26.2 Å². The summed E-state index contributed by atoms with van der Waals surface area (Å²) in [6.45, 7) is 4.98. The quantitative estimate of drug-likeness (QED) is 0.866. The molecule has 0 radical (unpaired) electrons. The van der Waals surface area contributed by atoms with Gasteiger partial charge in [0.2, 0.25) is 5.91 Å². The molecule has 23 heavy (non-hydrogen) atoms. The third-order valence-corrected chi connectivity index (χ3v) is 5.26. The number of hydrogen-bond donors (Lipinski definition) is 2. The highest BCUT2D eigenvalue weighted by Gasteiger charge is 2.28. The summed E-state index contributed by atoms with van der Waals surface area (Å²) in [4.78, 5) is 20.3. The first-order valence-corrected chi connectivity index (χ1v) is 8.78. The number of piperazine rings is 1. The van der Waals surface area contributed by atoms with Gasteiger partial charge in [-0.1, -0.05) is 6.07 Å². The van der Waals surface area contributed by atoms with Gasteiger partial charge in [-0.15, -0.1) is 11.3 Å². The summed E-state index contributed by atoms with van der Waals surface area (Å²) in [5, 5.41) is 8.52. The molecule has 2 N–H and O–H groups in total. The van der Waals surface area contributed by atoms with Crippen LogP contribution in [-0.2, 0) is 11.8 Å². The van der Waals surface area contributed by atoms with Crippen molar-refractivity contribution in [1.29, 1.82) is 0 Å². The third kappa shape index (κ3) is 3.80. The van der Waals surface area contributed by atoms with E-state index in [-0.39, 0.29) is 18.0 Å². The molecule has 2 aromatic heterocycles. The van der Waals surface area contributed by atoms with Crippen LogP contribution in [0.2, 0.25) is 0 Å². The van der Waals surface area contributed by atoms with E-state index in [1.165, 1.54) is 4.88 Å². The first kappa shape index (κ1) is 16.2. The van der Waals surface area contributed by atoms with Crippen molar-refractivity contribution in [2.45, 2.75) is 19.0 Å². The van der Waals surface area contributed by atoms with E-state index in [1.807, 2.05) is 36.2 Å². The fourth-order valence-corrected chi connectivity index (χ4v) is 3.70. The van der Waals surface area contributed by atoms with Crippen molar-refractivity contribution in [3.63, 3.8) is 0 Å². The largest absolute Gasteiger partial charge is 0.348 e. The van der Waals surface area contributed by atoms with E-state index in [0.717, 1.165) is 25.5 Å². The molecular formula is C16H23N5OS. The maximum Gasteiger partial charge on any atom is 0.234 e. The Labute approximate surface area is 140 Å². The molecule has 2 aromatic rings. The van der Waals surface area contributed by atoms with E-state index in [0.29, 0.717) is 6.54 Å². The molecule has 1 aliphatic rings. The lowest BCUT2D eigenvalue weighted by Gasteiger charge is -2.35. The van der Waals surface area contributed by atoms with Gasteiger partial charge in [0.1, 0.15) is 5.82 Å². The molecule has 1 fully saturated rings. The van der Waals surface area contributed by atoms with Gasteiger partial charge in [-0.25, -0.2) is 4.98 Å². The number of aryl methyl sites for hydroxylation is 1. The Balaban J connectivity index is 1.63. The fraction of sp³-hybridized carbons (Fsp3) is 0.500. The monoisotopic (exact) mass is 333 g/mol. The first-order valence-electron chi connectivity index (χ1n) is 7.90. The molecule has 0 bridgehead atoms. The Morgan fingerprint density at radius 2 is 2.48 bits per heavy atom. The van der Waals surface area contributed by atoms with Gasteiger partial charge >= 0.3 is 0 Å². The summed E-state index contributed by atoms with van der Waals surface area (Å²) in [6.07, 6.45) is 3.75. The summed E-state index contributed by atoms with van der Waals surface area (Å²) in [7, 11) is 1.99. The number of nitrogens with one attached hydrogen (secondary N) is 2. The summed E-state index contributed by atoms with van der Waals surface area (Å²) in [5.41, 5.74) is 0. The van der Waals surface area contributed by atoms with Gasteiger partial charge in [0.05, 0.1) is 18.6 Å². The summed E-state index contributed by atoms with van der Waals surface area (Å²) in [5.74, 6) is 1.06. The number of aromatic nitrogens is 2. The molecule has 3 heterocycles. The minimum Gasteiger partial charge on any atom is -0.348 e. The lowest BCUT2D eigenvalue weighted by molar-refractivity contribution is -0.123. The van der Waals surface area contributed by atoms with Gasteiger partial charge in [0.15, 0.2) is 0 Å². The van der Waals surface area contributed by atoms with Crippen LogP contribution in [-0.4, -0.2) is 46.5 Å². The second-order valence-electron chi connectivity index (χ2n) is 5.89. The number of rotatable bonds is 5. The second kappa shape index (κ2) is 7.25. The van der Waals surface area contributed by atoms with Gasteiger partial charge in [-0.3, -0.25) is 9.69 Å². The first-order chi connectivity index (χ1) is 11.1. The lowest BCUT2D eigenvalue weighted by atomic mass is 10.1. The van der Waals surface area contributed by atoms with Crippen LogP contribution in [0.4, 0.5) is 0 Å². The Bertz CT molecular complexity index is 639. The molecule has 124 valence electrons. The van der Waals surface area contributed by atoms with Crippen molar-refractivity contribution < 1.29 is 4.79 Å². The third-order valence-electron chi connectivity index (χ3n) is 4.20. The van der Waals surface area contributed by atoms with E-state index in [1.54, 1.807) is 17.5 Å². The van der Waals surface area contributed by atoms with Crippen LogP contribution in [0.15, 0.2) is 29.9 Å². The zero-order valence-electron chi connectivity index (χ0n) is 13.5. The minimum absolute atomic E-state index is 0.0528. The molecule has 0 saturated carbocycles. The van der Waals surface area contributed by atoms with E-state index in [9.17, 15) is 4.79 Å². The summed E-state index contributed by atoms with van der Waals surface area (Å²) in [6, 6.07) is 4.25. The number of amides is 1. The smallest absolute Gasteiger partial charge is 0.234 e. The Morgan fingerprint density at radius 3 is 3.17 bits per heavy atom. The van der Waals surface area contributed by atoms with Crippen molar-refractivity contribution in [3.8, 4) is 0 Å². The molecule has 1 saturated heterocycles. The molecule has 1 aliphatic heterocycles. The molecule has 6 nitrogen and oxygen atoms in total. The predicted octanol–water partition coefficient (Wildman–Crippen LogP) is 1.31. The number of hydrogen-bond acceptors (Lipinski definition) is 5. The molecule has 7 heteroatoms. The standard InChI is InChI=1S/C16H23N5OS/c1-12(14-4-3-9-23-14)19-15(22)11-21-8-5-17-10-13(21)16-18-6-7-20(16)2/h3-4,6-7,9,12-13,17H,5,8,10-11H2,1-2H3,(H,19,22). The topological polar surface area (TPSA) is 62.2 Å².